The molecule has 0 aliphatic carbocycles. The van der Waals surface area contributed by atoms with Gasteiger partial charge in [0.15, 0.2) is 0 Å². The standard InChI is InChI=1S/C17H26F2N2O5/c1-15(2,3)26-14(25)21-9-17(18,19)10-6-7-20(12(22)11(10)21)8-16(4,5)13(23)24/h10-11H,6-9H2,1-5H3,(H,23,24)/t10-,11-/m0/s1. The molecule has 1 N–H and O–H groups in total. The van der Waals surface area contributed by atoms with Crippen LogP contribution in [0.4, 0.5) is 13.6 Å². The number of carboxylic acid groups (broad SMARTS) is 1. The van der Waals surface area contributed by atoms with E-state index in [2.05, 4.69) is 0 Å². The number of carboxylic acids is 1. The molecule has 26 heavy (non-hydrogen) atoms. The summed E-state index contributed by atoms with van der Waals surface area (Å²) in [7, 11) is 0. The second-order valence-corrected chi connectivity index (χ2v) is 8.66. The van der Waals surface area contributed by atoms with Gasteiger partial charge in [-0.15, -0.1) is 0 Å². The van der Waals surface area contributed by atoms with Crippen molar-refractivity contribution in [1.29, 1.82) is 0 Å². The number of hydrogen-bond donors (Lipinski definition) is 1. The predicted octanol–water partition coefficient (Wildman–Crippen LogP) is 2.20. The van der Waals surface area contributed by atoms with Crippen LogP contribution in [-0.4, -0.2) is 70.1 Å². The van der Waals surface area contributed by atoms with Crippen LogP contribution in [0.25, 0.3) is 0 Å². The number of ether oxygens (including phenoxy) is 1. The first-order chi connectivity index (χ1) is 11.7. The molecule has 9 heteroatoms. The van der Waals surface area contributed by atoms with Crippen LogP contribution in [0.1, 0.15) is 41.0 Å². The number of halogens is 2. The summed E-state index contributed by atoms with van der Waals surface area (Å²) < 4.78 is 33.9. The maximum Gasteiger partial charge on any atom is 0.411 e. The second-order valence-electron chi connectivity index (χ2n) is 8.66. The lowest BCUT2D eigenvalue weighted by Gasteiger charge is -2.40. The van der Waals surface area contributed by atoms with Crippen LogP contribution < -0.4 is 0 Å². The lowest BCUT2D eigenvalue weighted by Crippen LogP contribution is -2.57. The SMILES string of the molecule is CC(C)(C)OC(=O)N1CC(F)(F)[C@H]2CCN(CC(C)(C)C(=O)O)C(=O)[C@H]21. The number of piperidine rings is 1. The van der Waals surface area contributed by atoms with E-state index in [0.29, 0.717) is 0 Å². The third kappa shape index (κ3) is 3.91. The molecule has 2 fully saturated rings. The average molecular weight is 376 g/mol. The van der Waals surface area contributed by atoms with Crippen LogP contribution in [0, 0.1) is 11.3 Å². The van der Waals surface area contributed by atoms with Gasteiger partial charge in [-0.05, 0) is 41.0 Å². The van der Waals surface area contributed by atoms with Crippen LogP contribution in [0.5, 0.6) is 0 Å². The monoisotopic (exact) mass is 376 g/mol. The van der Waals surface area contributed by atoms with Gasteiger partial charge in [0.1, 0.15) is 11.6 Å². The van der Waals surface area contributed by atoms with Gasteiger partial charge in [-0.25, -0.2) is 13.6 Å². The summed E-state index contributed by atoms with van der Waals surface area (Å²) in [6.45, 7) is 6.81. The first kappa shape index (κ1) is 20.4. The molecule has 2 amide bonds. The Morgan fingerprint density at radius 2 is 1.85 bits per heavy atom. The zero-order valence-corrected chi connectivity index (χ0v) is 15.7. The summed E-state index contributed by atoms with van der Waals surface area (Å²) in [5, 5.41) is 9.25. The molecule has 148 valence electrons. The summed E-state index contributed by atoms with van der Waals surface area (Å²) >= 11 is 0. The van der Waals surface area contributed by atoms with Crippen LogP contribution in [-0.2, 0) is 14.3 Å². The van der Waals surface area contributed by atoms with E-state index >= 15 is 0 Å². The molecule has 0 aromatic heterocycles. The molecule has 0 bridgehead atoms. The molecule has 0 aromatic carbocycles. The van der Waals surface area contributed by atoms with Crippen molar-refractivity contribution in [1.82, 2.24) is 9.80 Å². The molecule has 0 spiro atoms. The molecule has 2 heterocycles. The van der Waals surface area contributed by atoms with E-state index < -0.39 is 53.4 Å². The number of aliphatic carboxylic acids is 1. The van der Waals surface area contributed by atoms with E-state index in [0.717, 1.165) is 4.90 Å². The van der Waals surface area contributed by atoms with Gasteiger partial charge in [-0.1, -0.05) is 0 Å². The summed E-state index contributed by atoms with van der Waals surface area (Å²) in [6, 6.07) is -1.34. The van der Waals surface area contributed by atoms with Crippen molar-refractivity contribution in [2.75, 3.05) is 19.6 Å². The van der Waals surface area contributed by atoms with E-state index in [4.69, 9.17) is 4.74 Å². The number of hydrogen-bond acceptors (Lipinski definition) is 4. The maximum absolute atomic E-state index is 14.4. The Morgan fingerprint density at radius 1 is 1.27 bits per heavy atom. The van der Waals surface area contributed by atoms with Crippen molar-refractivity contribution < 1.29 is 33.0 Å². The largest absolute Gasteiger partial charge is 0.481 e. The lowest BCUT2D eigenvalue weighted by atomic mass is 9.86. The summed E-state index contributed by atoms with van der Waals surface area (Å²) in [5.41, 5.74) is -2.10. The smallest absolute Gasteiger partial charge is 0.411 e. The first-order valence-electron chi connectivity index (χ1n) is 8.55. The number of carbonyl (C=O) groups is 3. The zero-order chi connectivity index (χ0) is 20.1. The number of fused-ring (bicyclic) bond motifs is 1. The fourth-order valence-electron chi connectivity index (χ4n) is 3.36. The maximum atomic E-state index is 14.4. The fourth-order valence-corrected chi connectivity index (χ4v) is 3.36. The van der Waals surface area contributed by atoms with E-state index in [-0.39, 0.29) is 19.5 Å². The molecule has 0 radical (unpaired) electrons. The van der Waals surface area contributed by atoms with Crippen molar-refractivity contribution >= 4 is 18.0 Å². The Bertz CT molecular complexity index is 615. The highest BCUT2D eigenvalue weighted by molar-refractivity contribution is 5.88. The van der Waals surface area contributed by atoms with Crippen molar-refractivity contribution in [2.45, 2.75) is 58.6 Å². The van der Waals surface area contributed by atoms with Crippen LogP contribution in [0.2, 0.25) is 0 Å². The molecule has 2 atom stereocenters. The second kappa shape index (κ2) is 6.35. The molecule has 0 unspecified atom stereocenters. The minimum Gasteiger partial charge on any atom is -0.481 e. The van der Waals surface area contributed by atoms with Gasteiger partial charge in [-0.2, -0.15) is 0 Å². The Morgan fingerprint density at radius 3 is 2.35 bits per heavy atom. The topological polar surface area (TPSA) is 87.2 Å². The van der Waals surface area contributed by atoms with Gasteiger partial charge in [0.05, 0.1) is 17.9 Å². The minimum absolute atomic E-state index is 0.00158. The number of rotatable bonds is 3. The Hall–Kier alpha value is -1.93. The molecule has 2 rings (SSSR count). The Kier molecular flexibility index (Phi) is 4.98. The molecule has 7 nitrogen and oxygen atoms in total. The third-order valence-corrected chi connectivity index (χ3v) is 4.71. The molecular weight excluding hydrogens is 350 g/mol. The first-order valence-corrected chi connectivity index (χ1v) is 8.55. The van der Waals surface area contributed by atoms with Crippen LogP contribution >= 0.6 is 0 Å². The number of carbonyl (C=O) groups excluding carboxylic acids is 2. The normalized spacial score (nSPS) is 25.9. The summed E-state index contributed by atoms with van der Waals surface area (Å²) in [4.78, 5) is 38.5. The van der Waals surface area contributed by atoms with Gasteiger partial charge >= 0.3 is 12.1 Å². The molecule has 2 aliphatic heterocycles. The number of amides is 2. The summed E-state index contributed by atoms with van der Waals surface area (Å²) in [5.74, 6) is -6.22. The molecule has 2 aliphatic rings. The van der Waals surface area contributed by atoms with E-state index in [1.54, 1.807) is 20.8 Å². The van der Waals surface area contributed by atoms with Gasteiger partial charge < -0.3 is 14.7 Å². The number of likely N-dealkylation sites (tertiary alicyclic amines) is 2. The zero-order valence-electron chi connectivity index (χ0n) is 15.7. The lowest BCUT2D eigenvalue weighted by molar-refractivity contribution is -0.153. The third-order valence-electron chi connectivity index (χ3n) is 4.71. The van der Waals surface area contributed by atoms with Gasteiger partial charge in [-0.3, -0.25) is 14.5 Å². The van der Waals surface area contributed by atoms with Gasteiger partial charge in [0.2, 0.25) is 5.91 Å². The van der Waals surface area contributed by atoms with Crippen molar-refractivity contribution in [2.24, 2.45) is 11.3 Å². The van der Waals surface area contributed by atoms with Gasteiger partial charge in [0.25, 0.3) is 5.92 Å². The highest BCUT2D eigenvalue weighted by Crippen LogP contribution is 2.44. The minimum atomic E-state index is -3.19. The van der Waals surface area contributed by atoms with Crippen LogP contribution in [0.3, 0.4) is 0 Å². The predicted molar refractivity (Wildman–Crippen MR) is 87.8 cm³/mol. The highest BCUT2D eigenvalue weighted by atomic mass is 19.3. The van der Waals surface area contributed by atoms with Crippen molar-refractivity contribution in [3.05, 3.63) is 0 Å². The quantitative estimate of drug-likeness (QED) is 0.816. The molecule has 0 aromatic rings. The summed E-state index contributed by atoms with van der Waals surface area (Å²) in [6.07, 6.45) is -0.962. The van der Waals surface area contributed by atoms with E-state index in [1.165, 1.54) is 18.7 Å². The molecule has 2 saturated heterocycles. The fraction of sp³-hybridized carbons (Fsp3) is 0.824. The number of alkyl halides is 2. The number of nitrogens with zero attached hydrogens (tertiary/aromatic N) is 2. The molecular formula is C17H26F2N2O5. The van der Waals surface area contributed by atoms with Crippen molar-refractivity contribution in [3.63, 3.8) is 0 Å². The Labute approximate surface area is 151 Å². The van der Waals surface area contributed by atoms with E-state index in [1.807, 2.05) is 0 Å². The average Bonchev–Trinajstić information content (AvgIpc) is 2.72. The van der Waals surface area contributed by atoms with Gasteiger partial charge in [0, 0.05) is 13.1 Å². The molecule has 0 saturated carbocycles. The highest BCUT2D eigenvalue weighted by Gasteiger charge is 2.61. The van der Waals surface area contributed by atoms with Crippen molar-refractivity contribution in [3.8, 4) is 0 Å². The van der Waals surface area contributed by atoms with E-state index in [9.17, 15) is 28.3 Å². The van der Waals surface area contributed by atoms with Crippen LogP contribution in [0.15, 0.2) is 0 Å². The Balaban J connectivity index is 2.26.